The monoisotopic (exact) mass is 544 g/mol. The average molecular weight is 545 g/mol. The summed E-state index contributed by atoms with van der Waals surface area (Å²) in [5.74, 6) is -1.49. The summed E-state index contributed by atoms with van der Waals surface area (Å²) in [4.78, 5) is 33.8. The van der Waals surface area contributed by atoms with Crippen molar-refractivity contribution in [2.24, 2.45) is 0 Å². The lowest BCUT2D eigenvalue weighted by Crippen LogP contribution is -2.31. The Balaban J connectivity index is 1.12. The molecule has 0 saturated heterocycles. The zero-order valence-corrected chi connectivity index (χ0v) is 21.9. The van der Waals surface area contributed by atoms with Gasteiger partial charge in [-0.2, -0.15) is 0 Å². The van der Waals surface area contributed by atoms with Crippen LogP contribution in [-0.4, -0.2) is 95.6 Å². The lowest BCUT2D eigenvalue weighted by molar-refractivity contribution is -0.143. The van der Waals surface area contributed by atoms with E-state index in [1.54, 1.807) is 0 Å². The third-order valence-corrected chi connectivity index (χ3v) is 5.85. The van der Waals surface area contributed by atoms with Gasteiger partial charge in [-0.05, 0) is 28.7 Å². The van der Waals surface area contributed by atoms with Crippen molar-refractivity contribution in [3.8, 4) is 11.1 Å². The summed E-state index contributed by atoms with van der Waals surface area (Å²) in [6.45, 7) is 2.62. The number of carbonyl (C=O) groups is 3. The van der Waals surface area contributed by atoms with Gasteiger partial charge in [-0.15, -0.1) is 0 Å². The van der Waals surface area contributed by atoms with Crippen molar-refractivity contribution in [1.82, 2.24) is 10.6 Å². The average Bonchev–Trinajstić information content (AvgIpc) is 3.25. The van der Waals surface area contributed by atoms with Crippen LogP contribution in [0.4, 0.5) is 4.79 Å². The van der Waals surface area contributed by atoms with Crippen molar-refractivity contribution in [3.05, 3.63) is 59.7 Å². The number of fused-ring (bicyclic) bond motifs is 3. The van der Waals surface area contributed by atoms with Crippen LogP contribution in [0.25, 0.3) is 11.1 Å². The van der Waals surface area contributed by atoms with E-state index in [4.69, 9.17) is 24.1 Å². The molecule has 0 spiro atoms. The number of hydrogen-bond donors (Lipinski definition) is 3. The number of rotatable bonds is 19. The highest BCUT2D eigenvalue weighted by atomic mass is 16.6. The number of ether oxygens (including phenoxy) is 5. The van der Waals surface area contributed by atoms with Crippen LogP contribution in [0.2, 0.25) is 0 Å². The first-order valence-electron chi connectivity index (χ1n) is 12.9. The van der Waals surface area contributed by atoms with Gasteiger partial charge < -0.3 is 39.4 Å². The molecule has 2 aromatic carbocycles. The van der Waals surface area contributed by atoms with Crippen LogP contribution in [0, 0.1) is 0 Å². The molecule has 11 heteroatoms. The predicted molar refractivity (Wildman–Crippen MR) is 142 cm³/mol. The molecule has 39 heavy (non-hydrogen) atoms. The lowest BCUT2D eigenvalue weighted by Gasteiger charge is -2.14. The molecule has 3 rings (SSSR count). The molecule has 1 aliphatic carbocycles. The summed E-state index contributed by atoms with van der Waals surface area (Å²) in [6.07, 6.45) is 0.215. The van der Waals surface area contributed by atoms with Gasteiger partial charge in [0.1, 0.15) is 19.8 Å². The van der Waals surface area contributed by atoms with E-state index in [2.05, 4.69) is 39.6 Å². The fourth-order valence-electron chi connectivity index (χ4n) is 4.10. The van der Waals surface area contributed by atoms with Crippen LogP contribution in [-0.2, 0) is 33.3 Å². The van der Waals surface area contributed by atoms with Crippen molar-refractivity contribution < 1.29 is 43.2 Å². The predicted octanol–water partition coefficient (Wildman–Crippen LogP) is 2.18. The smallest absolute Gasteiger partial charge is 0.407 e. The molecule has 0 bridgehead atoms. The van der Waals surface area contributed by atoms with Crippen LogP contribution >= 0.6 is 0 Å². The Kier molecular flexibility index (Phi) is 13.2. The Morgan fingerprint density at radius 2 is 1.28 bits per heavy atom. The summed E-state index contributed by atoms with van der Waals surface area (Å²) >= 11 is 0. The first-order chi connectivity index (χ1) is 19.1. The maximum atomic E-state index is 12.2. The molecule has 0 aromatic heterocycles. The van der Waals surface area contributed by atoms with Crippen LogP contribution in [0.15, 0.2) is 48.5 Å². The van der Waals surface area contributed by atoms with E-state index in [1.165, 1.54) is 22.3 Å². The van der Waals surface area contributed by atoms with Crippen molar-refractivity contribution in [2.45, 2.75) is 12.3 Å². The van der Waals surface area contributed by atoms with Crippen molar-refractivity contribution in [1.29, 1.82) is 0 Å². The van der Waals surface area contributed by atoms with Crippen LogP contribution in [0.5, 0.6) is 0 Å². The van der Waals surface area contributed by atoms with Crippen molar-refractivity contribution in [3.63, 3.8) is 0 Å². The number of carbonyl (C=O) groups excluding carboxylic acids is 2. The summed E-state index contributed by atoms with van der Waals surface area (Å²) in [5.41, 5.74) is 4.75. The van der Waals surface area contributed by atoms with Gasteiger partial charge in [0.2, 0.25) is 5.91 Å². The summed E-state index contributed by atoms with van der Waals surface area (Å²) in [5, 5.41) is 13.7. The minimum Gasteiger partial charge on any atom is -0.480 e. The third-order valence-electron chi connectivity index (χ3n) is 5.85. The molecule has 2 aromatic rings. The standard InChI is InChI=1S/C28H36N2O9/c31-26(19-38-20-27(32)33)29-11-13-36-15-17-37-16-14-35-12-5-10-30-28(34)39-18-25-23-8-3-1-6-21(23)22-7-2-4-9-24(22)25/h1-4,6-9,25H,5,10-20H2,(H,29,31)(H,30,34)(H,32,33). The van der Waals surface area contributed by atoms with E-state index in [9.17, 15) is 14.4 Å². The number of alkyl carbamates (subject to hydrolysis) is 1. The minimum atomic E-state index is -1.13. The van der Waals surface area contributed by atoms with E-state index in [-0.39, 0.29) is 19.1 Å². The van der Waals surface area contributed by atoms with Gasteiger partial charge in [-0.3, -0.25) is 4.79 Å². The molecule has 212 valence electrons. The lowest BCUT2D eigenvalue weighted by atomic mass is 9.98. The first-order valence-corrected chi connectivity index (χ1v) is 12.9. The van der Waals surface area contributed by atoms with Crippen LogP contribution < -0.4 is 10.6 Å². The van der Waals surface area contributed by atoms with Crippen LogP contribution in [0.3, 0.4) is 0 Å². The van der Waals surface area contributed by atoms with Crippen LogP contribution in [0.1, 0.15) is 23.5 Å². The van der Waals surface area contributed by atoms with Crippen molar-refractivity contribution >= 4 is 18.0 Å². The molecule has 0 radical (unpaired) electrons. The maximum absolute atomic E-state index is 12.2. The highest BCUT2D eigenvalue weighted by Crippen LogP contribution is 2.44. The molecule has 2 amide bonds. The number of aliphatic carboxylic acids is 1. The van der Waals surface area contributed by atoms with Gasteiger partial charge in [0.15, 0.2) is 0 Å². The highest BCUT2D eigenvalue weighted by molar-refractivity contribution is 5.79. The Hall–Kier alpha value is -3.51. The number of amides is 2. The summed E-state index contributed by atoms with van der Waals surface area (Å²) in [6, 6.07) is 16.4. The van der Waals surface area contributed by atoms with Gasteiger partial charge in [0, 0.05) is 25.6 Å². The minimum absolute atomic E-state index is 0.0368. The largest absolute Gasteiger partial charge is 0.480 e. The molecular formula is C28H36N2O9. The zero-order chi connectivity index (χ0) is 27.7. The number of carboxylic acids is 1. The maximum Gasteiger partial charge on any atom is 0.407 e. The Labute approximate surface area is 227 Å². The Bertz CT molecular complexity index is 1020. The van der Waals surface area contributed by atoms with Crippen molar-refractivity contribution in [2.75, 3.05) is 72.6 Å². The molecular weight excluding hydrogens is 508 g/mol. The summed E-state index contributed by atoms with van der Waals surface area (Å²) in [7, 11) is 0. The number of carboxylic acid groups (broad SMARTS) is 1. The third kappa shape index (κ3) is 10.6. The Morgan fingerprint density at radius 1 is 0.692 bits per heavy atom. The SMILES string of the molecule is O=C(O)COCC(=O)NCCOCCOCCOCCCNC(=O)OCC1c2ccccc2-c2ccccc21. The van der Waals surface area contributed by atoms with Gasteiger partial charge in [0.05, 0.1) is 33.0 Å². The second kappa shape index (κ2) is 17.2. The van der Waals surface area contributed by atoms with E-state index >= 15 is 0 Å². The van der Waals surface area contributed by atoms with Gasteiger partial charge in [0.25, 0.3) is 0 Å². The molecule has 0 atom stereocenters. The second-order valence-corrected chi connectivity index (χ2v) is 8.68. The van der Waals surface area contributed by atoms with E-state index in [0.29, 0.717) is 59.2 Å². The van der Waals surface area contributed by atoms with E-state index < -0.39 is 24.6 Å². The fraction of sp³-hybridized carbons (Fsp3) is 0.464. The number of nitrogens with one attached hydrogen (secondary N) is 2. The van der Waals surface area contributed by atoms with Gasteiger partial charge >= 0.3 is 12.1 Å². The Morgan fingerprint density at radius 3 is 1.92 bits per heavy atom. The molecule has 1 aliphatic rings. The van der Waals surface area contributed by atoms with Gasteiger partial charge in [-0.25, -0.2) is 9.59 Å². The molecule has 0 unspecified atom stereocenters. The van der Waals surface area contributed by atoms with E-state index in [1.807, 2.05) is 24.3 Å². The normalized spacial score (nSPS) is 12.0. The topological polar surface area (TPSA) is 142 Å². The molecule has 3 N–H and O–H groups in total. The second-order valence-electron chi connectivity index (χ2n) is 8.68. The molecule has 11 nitrogen and oxygen atoms in total. The number of hydrogen-bond acceptors (Lipinski definition) is 8. The molecule has 0 fully saturated rings. The quantitative estimate of drug-likeness (QED) is 0.227. The highest BCUT2D eigenvalue weighted by Gasteiger charge is 2.28. The van der Waals surface area contributed by atoms with E-state index in [0.717, 1.165) is 0 Å². The molecule has 0 saturated carbocycles. The molecule has 0 aliphatic heterocycles. The zero-order valence-electron chi connectivity index (χ0n) is 21.9. The van der Waals surface area contributed by atoms with Gasteiger partial charge in [-0.1, -0.05) is 48.5 Å². The molecule has 0 heterocycles. The first kappa shape index (κ1) is 30.0. The number of benzene rings is 2. The fourth-order valence-corrected chi connectivity index (χ4v) is 4.10. The summed E-state index contributed by atoms with van der Waals surface area (Å²) < 4.78 is 26.4.